The summed E-state index contributed by atoms with van der Waals surface area (Å²) in [6.45, 7) is 2.31. The van der Waals surface area contributed by atoms with Crippen LogP contribution in [0.15, 0.2) is 66.7 Å². The number of nitrogens with two attached hydrogens (primary N) is 1. The quantitative estimate of drug-likeness (QED) is 0.277. The first-order valence-corrected chi connectivity index (χ1v) is 11.7. The van der Waals surface area contributed by atoms with Crippen molar-refractivity contribution in [2.45, 2.75) is 38.8 Å². The lowest BCUT2D eigenvalue weighted by atomic mass is 10.1. The van der Waals surface area contributed by atoms with E-state index in [4.69, 9.17) is 10.5 Å². The molecule has 0 aromatic heterocycles. The Labute approximate surface area is 209 Å². The summed E-state index contributed by atoms with van der Waals surface area (Å²) in [5, 5.41) is 8.23. The lowest BCUT2D eigenvalue weighted by Gasteiger charge is -2.19. The molecular formula is C27H30F2N4O3. The van der Waals surface area contributed by atoms with E-state index in [1.54, 1.807) is 36.4 Å². The summed E-state index contributed by atoms with van der Waals surface area (Å²) in [5.74, 6) is -1.78. The fourth-order valence-corrected chi connectivity index (χ4v) is 3.41. The Balaban J connectivity index is 1.55. The van der Waals surface area contributed by atoms with E-state index in [0.29, 0.717) is 36.5 Å². The normalized spacial score (nSPS) is 11.4. The van der Waals surface area contributed by atoms with Crippen LogP contribution in [-0.4, -0.2) is 24.5 Å². The number of hydrogen-bond donors (Lipinski definition) is 4. The van der Waals surface area contributed by atoms with Crippen LogP contribution < -0.4 is 26.4 Å². The van der Waals surface area contributed by atoms with Crippen LogP contribution >= 0.6 is 0 Å². The van der Waals surface area contributed by atoms with Crippen LogP contribution in [-0.2, 0) is 11.4 Å². The smallest absolute Gasteiger partial charge is 0.319 e. The van der Waals surface area contributed by atoms with Gasteiger partial charge in [-0.3, -0.25) is 4.79 Å². The molecule has 0 aliphatic rings. The summed E-state index contributed by atoms with van der Waals surface area (Å²) in [4.78, 5) is 25.4. The Morgan fingerprint density at radius 2 is 1.58 bits per heavy atom. The molecule has 1 atom stereocenters. The first-order valence-electron chi connectivity index (χ1n) is 11.7. The minimum Gasteiger partial charge on any atom is -0.489 e. The fraction of sp³-hybridized carbons (Fsp3) is 0.259. The Morgan fingerprint density at radius 1 is 0.917 bits per heavy atom. The lowest BCUT2D eigenvalue weighted by molar-refractivity contribution is -0.118. The molecule has 0 saturated carbocycles. The van der Waals surface area contributed by atoms with E-state index in [-0.39, 0.29) is 18.1 Å². The van der Waals surface area contributed by atoms with Crippen molar-refractivity contribution in [3.8, 4) is 5.75 Å². The zero-order valence-corrected chi connectivity index (χ0v) is 20.0. The SMILES string of the molecule is Cc1ccc(NC(=O)[C@H](CCCCN)NC(=O)Nc2ccc(OCc3cccc(F)c3F)cc2)cc1. The number of hydrogen-bond acceptors (Lipinski definition) is 4. The minimum absolute atomic E-state index is 0.0983. The predicted molar refractivity (Wildman–Crippen MR) is 136 cm³/mol. The summed E-state index contributed by atoms with van der Waals surface area (Å²) in [7, 11) is 0. The monoisotopic (exact) mass is 496 g/mol. The van der Waals surface area contributed by atoms with Crippen molar-refractivity contribution >= 4 is 23.3 Å². The van der Waals surface area contributed by atoms with E-state index in [1.807, 2.05) is 19.1 Å². The van der Waals surface area contributed by atoms with Gasteiger partial charge in [-0.25, -0.2) is 13.6 Å². The Bertz CT molecular complexity index is 1150. The molecule has 0 fully saturated rings. The third-order valence-corrected chi connectivity index (χ3v) is 5.43. The van der Waals surface area contributed by atoms with E-state index >= 15 is 0 Å². The van der Waals surface area contributed by atoms with Gasteiger partial charge in [0.25, 0.3) is 0 Å². The molecule has 3 aromatic rings. The zero-order chi connectivity index (χ0) is 25.9. The average molecular weight is 497 g/mol. The molecular weight excluding hydrogens is 466 g/mol. The number of halogens is 2. The number of urea groups is 1. The van der Waals surface area contributed by atoms with Crippen molar-refractivity contribution in [1.29, 1.82) is 0 Å². The molecule has 0 saturated heterocycles. The van der Waals surface area contributed by atoms with Crippen LogP contribution in [0.4, 0.5) is 25.0 Å². The summed E-state index contributed by atoms with van der Waals surface area (Å²) < 4.78 is 32.6. The molecule has 0 spiro atoms. The molecule has 0 heterocycles. The van der Waals surface area contributed by atoms with Gasteiger partial charge in [0, 0.05) is 16.9 Å². The molecule has 7 nitrogen and oxygen atoms in total. The van der Waals surface area contributed by atoms with Crippen LogP contribution in [0.25, 0.3) is 0 Å². The summed E-state index contributed by atoms with van der Waals surface area (Å²) >= 11 is 0. The Kier molecular flexibility index (Phi) is 9.76. The zero-order valence-electron chi connectivity index (χ0n) is 20.0. The van der Waals surface area contributed by atoms with Crippen molar-refractivity contribution in [1.82, 2.24) is 5.32 Å². The van der Waals surface area contributed by atoms with Crippen molar-refractivity contribution in [2.75, 3.05) is 17.2 Å². The first-order chi connectivity index (χ1) is 17.4. The highest BCUT2D eigenvalue weighted by molar-refractivity contribution is 5.99. The molecule has 3 amide bonds. The third kappa shape index (κ3) is 8.06. The summed E-state index contributed by atoms with van der Waals surface area (Å²) in [5.41, 5.74) is 7.85. The highest BCUT2D eigenvalue weighted by atomic mass is 19.2. The van der Waals surface area contributed by atoms with Crippen molar-refractivity contribution in [3.05, 3.63) is 89.5 Å². The number of carbonyl (C=O) groups is 2. The number of amides is 3. The summed E-state index contributed by atoms with van der Waals surface area (Å²) in [6, 6.07) is 16.4. The predicted octanol–water partition coefficient (Wildman–Crippen LogP) is 5.11. The minimum atomic E-state index is -0.945. The maximum Gasteiger partial charge on any atom is 0.319 e. The Hall–Kier alpha value is -3.98. The van der Waals surface area contributed by atoms with Gasteiger partial charge in [0.05, 0.1) is 0 Å². The van der Waals surface area contributed by atoms with E-state index < -0.39 is 23.7 Å². The number of nitrogens with one attached hydrogen (secondary N) is 3. The number of unbranched alkanes of at least 4 members (excludes halogenated alkanes) is 1. The molecule has 3 aromatic carbocycles. The van der Waals surface area contributed by atoms with Gasteiger partial charge in [0.2, 0.25) is 5.91 Å². The van der Waals surface area contributed by atoms with Gasteiger partial charge < -0.3 is 26.4 Å². The largest absolute Gasteiger partial charge is 0.489 e. The molecule has 0 radical (unpaired) electrons. The van der Waals surface area contributed by atoms with Crippen LogP contribution in [0.1, 0.15) is 30.4 Å². The second kappa shape index (κ2) is 13.2. The fourth-order valence-electron chi connectivity index (χ4n) is 3.41. The topological polar surface area (TPSA) is 105 Å². The van der Waals surface area contributed by atoms with Crippen LogP contribution in [0.2, 0.25) is 0 Å². The molecule has 36 heavy (non-hydrogen) atoms. The highest BCUT2D eigenvalue weighted by Gasteiger charge is 2.21. The highest BCUT2D eigenvalue weighted by Crippen LogP contribution is 2.19. The van der Waals surface area contributed by atoms with Gasteiger partial charge in [-0.05, 0) is 75.2 Å². The molecule has 0 aliphatic carbocycles. The number of ether oxygens (including phenoxy) is 1. The van der Waals surface area contributed by atoms with Crippen LogP contribution in [0.3, 0.4) is 0 Å². The molecule has 0 aliphatic heterocycles. The maximum absolute atomic E-state index is 13.8. The number of benzene rings is 3. The van der Waals surface area contributed by atoms with Crippen LogP contribution in [0, 0.1) is 18.6 Å². The molecule has 9 heteroatoms. The average Bonchev–Trinajstić information content (AvgIpc) is 2.86. The molecule has 3 rings (SSSR count). The van der Waals surface area contributed by atoms with E-state index in [0.717, 1.165) is 18.1 Å². The molecule has 0 unspecified atom stereocenters. The second-order valence-corrected chi connectivity index (χ2v) is 8.32. The van der Waals surface area contributed by atoms with Crippen molar-refractivity contribution < 1.29 is 23.1 Å². The van der Waals surface area contributed by atoms with E-state index in [9.17, 15) is 18.4 Å². The second-order valence-electron chi connectivity index (χ2n) is 8.32. The molecule has 0 bridgehead atoms. The van der Waals surface area contributed by atoms with Gasteiger partial charge in [0.1, 0.15) is 18.4 Å². The van der Waals surface area contributed by atoms with Gasteiger partial charge in [-0.2, -0.15) is 0 Å². The van der Waals surface area contributed by atoms with Gasteiger partial charge in [0.15, 0.2) is 11.6 Å². The first kappa shape index (κ1) is 26.6. The number of carbonyl (C=O) groups excluding carboxylic acids is 2. The third-order valence-electron chi connectivity index (χ3n) is 5.43. The standard InChI is InChI=1S/C27H30F2N4O3/c1-18-8-10-20(11-9-18)31-26(34)24(7-2-3-16-30)33-27(35)32-21-12-14-22(15-13-21)36-17-19-5-4-6-23(28)25(19)29/h4-6,8-15,24H,2-3,7,16-17,30H2,1H3,(H,31,34)(H2,32,33,35)/t24-/m0/s1. The van der Waals surface area contributed by atoms with Gasteiger partial charge in [-0.1, -0.05) is 29.8 Å². The number of aryl methyl sites for hydroxylation is 1. The van der Waals surface area contributed by atoms with E-state index in [2.05, 4.69) is 16.0 Å². The molecule has 190 valence electrons. The number of rotatable bonds is 11. The van der Waals surface area contributed by atoms with Gasteiger partial charge in [-0.15, -0.1) is 0 Å². The summed E-state index contributed by atoms with van der Waals surface area (Å²) in [6.07, 6.45) is 1.85. The van der Waals surface area contributed by atoms with Crippen molar-refractivity contribution in [2.24, 2.45) is 5.73 Å². The maximum atomic E-state index is 13.8. The van der Waals surface area contributed by atoms with E-state index in [1.165, 1.54) is 12.1 Å². The molecule has 5 N–H and O–H groups in total. The van der Waals surface area contributed by atoms with Gasteiger partial charge >= 0.3 is 6.03 Å². The van der Waals surface area contributed by atoms with Crippen LogP contribution in [0.5, 0.6) is 5.75 Å². The van der Waals surface area contributed by atoms with Crippen molar-refractivity contribution in [3.63, 3.8) is 0 Å². The lowest BCUT2D eigenvalue weighted by Crippen LogP contribution is -2.45. The number of anilines is 2. The Morgan fingerprint density at radius 3 is 2.28 bits per heavy atom.